The molecule has 4 nitrogen and oxygen atoms in total. The van der Waals surface area contributed by atoms with Crippen LogP contribution in [0, 0.1) is 0 Å². The van der Waals surface area contributed by atoms with Crippen molar-refractivity contribution in [2.45, 2.75) is 6.61 Å². The molecule has 2 aromatic rings. The van der Waals surface area contributed by atoms with Gasteiger partial charge in [0.15, 0.2) is 0 Å². The first-order chi connectivity index (χ1) is 7.31. The fourth-order valence-corrected chi connectivity index (χ4v) is 1.34. The molecule has 1 heterocycles. The minimum atomic E-state index is -0.165. The van der Waals surface area contributed by atoms with E-state index in [0.29, 0.717) is 5.56 Å². The van der Waals surface area contributed by atoms with E-state index in [-0.39, 0.29) is 12.2 Å². The van der Waals surface area contributed by atoms with Crippen LogP contribution in [0.15, 0.2) is 41.6 Å². The van der Waals surface area contributed by atoms with Gasteiger partial charge in [-0.25, -0.2) is 4.98 Å². The van der Waals surface area contributed by atoms with E-state index < -0.39 is 0 Å². The summed E-state index contributed by atoms with van der Waals surface area (Å²) < 4.78 is 0. The van der Waals surface area contributed by atoms with Crippen molar-refractivity contribution in [3.8, 4) is 11.1 Å². The third-order valence-corrected chi connectivity index (χ3v) is 2.17. The lowest BCUT2D eigenvalue weighted by molar-refractivity contribution is 0.282. The Bertz CT molecular complexity index is 502. The third-order valence-electron chi connectivity index (χ3n) is 2.17. The fraction of sp³-hybridized carbons (Fsp3) is 0.0909. The number of nitrogens with zero attached hydrogens (tertiary/aromatic N) is 1. The molecule has 0 saturated heterocycles. The average molecular weight is 202 g/mol. The van der Waals surface area contributed by atoms with Crippen LogP contribution in [0.2, 0.25) is 0 Å². The molecule has 0 atom stereocenters. The van der Waals surface area contributed by atoms with Crippen molar-refractivity contribution in [1.82, 2.24) is 9.97 Å². The predicted molar refractivity (Wildman–Crippen MR) is 56.2 cm³/mol. The molecule has 2 rings (SSSR count). The number of aliphatic hydroxyl groups excluding tert-OH is 1. The lowest BCUT2D eigenvalue weighted by atomic mass is 10.1. The van der Waals surface area contributed by atoms with Crippen LogP contribution >= 0.6 is 0 Å². The van der Waals surface area contributed by atoms with Gasteiger partial charge in [-0.05, 0) is 11.1 Å². The highest BCUT2D eigenvalue weighted by atomic mass is 16.3. The van der Waals surface area contributed by atoms with Crippen molar-refractivity contribution in [3.63, 3.8) is 0 Å². The van der Waals surface area contributed by atoms with Gasteiger partial charge in [-0.15, -0.1) is 0 Å². The predicted octanol–water partition coefficient (Wildman–Crippen LogP) is 0.929. The largest absolute Gasteiger partial charge is 0.392 e. The van der Waals surface area contributed by atoms with Gasteiger partial charge in [0, 0.05) is 6.20 Å². The maximum Gasteiger partial charge on any atom is 0.258 e. The third kappa shape index (κ3) is 1.94. The van der Waals surface area contributed by atoms with Crippen LogP contribution in [0.5, 0.6) is 0 Å². The van der Waals surface area contributed by atoms with Gasteiger partial charge in [0.25, 0.3) is 5.56 Å². The molecule has 4 heteroatoms. The van der Waals surface area contributed by atoms with Crippen LogP contribution in [0.1, 0.15) is 5.56 Å². The molecule has 0 aliphatic heterocycles. The normalized spacial score (nSPS) is 10.2. The Morgan fingerprint density at radius 3 is 2.60 bits per heavy atom. The fourth-order valence-electron chi connectivity index (χ4n) is 1.34. The Labute approximate surface area is 86.2 Å². The van der Waals surface area contributed by atoms with Gasteiger partial charge in [0.05, 0.1) is 18.5 Å². The van der Waals surface area contributed by atoms with Gasteiger partial charge in [-0.3, -0.25) is 4.79 Å². The summed E-state index contributed by atoms with van der Waals surface area (Å²) in [4.78, 5) is 17.8. The van der Waals surface area contributed by atoms with E-state index >= 15 is 0 Å². The molecule has 1 aromatic heterocycles. The summed E-state index contributed by atoms with van der Waals surface area (Å²) in [5, 5.41) is 8.87. The molecule has 0 amide bonds. The summed E-state index contributed by atoms with van der Waals surface area (Å²) in [5.74, 6) is 0. The minimum Gasteiger partial charge on any atom is -0.392 e. The maximum atomic E-state index is 11.4. The van der Waals surface area contributed by atoms with Gasteiger partial charge < -0.3 is 10.1 Å². The van der Waals surface area contributed by atoms with E-state index in [0.717, 1.165) is 11.1 Å². The monoisotopic (exact) mass is 202 g/mol. The topological polar surface area (TPSA) is 66.0 Å². The second-order valence-corrected chi connectivity index (χ2v) is 3.15. The van der Waals surface area contributed by atoms with Crippen molar-refractivity contribution in [3.05, 3.63) is 52.7 Å². The summed E-state index contributed by atoms with van der Waals surface area (Å²) in [6, 6.07) is 7.14. The molecule has 0 aliphatic carbocycles. The van der Waals surface area contributed by atoms with Gasteiger partial charge in [0.1, 0.15) is 0 Å². The number of rotatable bonds is 2. The first-order valence-corrected chi connectivity index (χ1v) is 4.54. The lowest BCUT2D eigenvalue weighted by Gasteiger charge is -2.00. The molecule has 15 heavy (non-hydrogen) atoms. The Morgan fingerprint density at radius 1 is 1.27 bits per heavy atom. The Hall–Kier alpha value is -1.94. The van der Waals surface area contributed by atoms with Crippen LogP contribution in [0.25, 0.3) is 11.1 Å². The maximum absolute atomic E-state index is 11.4. The number of aromatic amines is 1. The van der Waals surface area contributed by atoms with E-state index in [4.69, 9.17) is 5.11 Å². The number of aromatic nitrogens is 2. The van der Waals surface area contributed by atoms with Crippen molar-refractivity contribution >= 4 is 0 Å². The summed E-state index contributed by atoms with van der Waals surface area (Å²) in [5.41, 5.74) is 1.98. The quantitative estimate of drug-likeness (QED) is 0.761. The minimum absolute atomic E-state index is 0.00365. The van der Waals surface area contributed by atoms with Gasteiger partial charge in [0.2, 0.25) is 0 Å². The molecular weight excluding hydrogens is 192 g/mol. The molecule has 0 bridgehead atoms. The van der Waals surface area contributed by atoms with Crippen LogP contribution < -0.4 is 5.56 Å². The van der Waals surface area contributed by atoms with Crippen LogP contribution in [0.4, 0.5) is 0 Å². The Kier molecular flexibility index (Phi) is 2.60. The second-order valence-electron chi connectivity index (χ2n) is 3.15. The molecule has 0 radical (unpaired) electrons. The van der Waals surface area contributed by atoms with Crippen LogP contribution in [-0.2, 0) is 6.61 Å². The van der Waals surface area contributed by atoms with Crippen molar-refractivity contribution < 1.29 is 5.11 Å². The molecular formula is C11H10N2O2. The molecule has 0 spiro atoms. The highest BCUT2D eigenvalue weighted by molar-refractivity contribution is 5.61. The van der Waals surface area contributed by atoms with E-state index in [2.05, 4.69) is 9.97 Å². The van der Waals surface area contributed by atoms with E-state index in [1.165, 1.54) is 12.5 Å². The number of nitrogens with one attached hydrogen (secondary N) is 1. The number of aliphatic hydroxyl groups is 1. The lowest BCUT2D eigenvalue weighted by Crippen LogP contribution is -2.08. The summed E-state index contributed by atoms with van der Waals surface area (Å²) >= 11 is 0. The zero-order chi connectivity index (χ0) is 10.7. The van der Waals surface area contributed by atoms with Crippen molar-refractivity contribution in [2.24, 2.45) is 0 Å². The Morgan fingerprint density at radius 2 is 2.00 bits per heavy atom. The zero-order valence-corrected chi connectivity index (χ0v) is 7.97. The molecule has 0 fully saturated rings. The standard InChI is InChI=1S/C11H10N2O2/c14-6-8-1-3-9(4-2-8)10-5-12-7-13-11(10)15/h1-5,7,14H,6H2,(H,12,13,15). The molecule has 0 unspecified atom stereocenters. The SMILES string of the molecule is O=c1[nH]cncc1-c1ccc(CO)cc1. The summed E-state index contributed by atoms with van der Waals surface area (Å²) in [7, 11) is 0. The number of benzene rings is 1. The molecule has 2 N–H and O–H groups in total. The number of hydrogen-bond donors (Lipinski definition) is 2. The summed E-state index contributed by atoms with van der Waals surface area (Å²) in [6.45, 7) is 0.00365. The number of H-pyrrole nitrogens is 1. The molecule has 0 saturated carbocycles. The van der Waals surface area contributed by atoms with E-state index in [1.54, 1.807) is 24.3 Å². The van der Waals surface area contributed by atoms with Gasteiger partial charge >= 0.3 is 0 Å². The van der Waals surface area contributed by atoms with Crippen LogP contribution in [-0.4, -0.2) is 15.1 Å². The average Bonchev–Trinajstić information content (AvgIpc) is 2.30. The number of hydrogen-bond acceptors (Lipinski definition) is 3. The molecule has 76 valence electrons. The smallest absolute Gasteiger partial charge is 0.258 e. The highest BCUT2D eigenvalue weighted by Crippen LogP contribution is 2.14. The van der Waals surface area contributed by atoms with E-state index in [1.807, 2.05) is 0 Å². The molecule has 1 aromatic carbocycles. The van der Waals surface area contributed by atoms with Gasteiger partial charge in [-0.2, -0.15) is 0 Å². The molecule has 0 aliphatic rings. The van der Waals surface area contributed by atoms with E-state index in [9.17, 15) is 4.79 Å². The summed E-state index contributed by atoms with van der Waals surface area (Å²) in [6.07, 6.45) is 2.88. The first-order valence-electron chi connectivity index (χ1n) is 4.54. The van der Waals surface area contributed by atoms with Crippen LogP contribution in [0.3, 0.4) is 0 Å². The highest BCUT2D eigenvalue weighted by Gasteiger charge is 2.01. The van der Waals surface area contributed by atoms with Crippen molar-refractivity contribution in [2.75, 3.05) is 0 Å². The Balaban J connectivity index is 2.46. The zero-order valence-electron chi connectivity index (χ0n) is 7.97. The second kappa shape index (κ2) is 4.06. The van der Waals surface area contributed by atoms with Crippen molar-refractivity contribution in [1.29, 1.82) is 0 Å². The first kappa shape index (κ1) is 9.61. The van der Waals surface area contributed by atoms with Gasteiger partial charge in [-0.1, -0.05) is 24.3 Å².